The fourth-order valence-electron chi connectivity index (χ4n) is 2.79. The standard InChI is InChI=1S/C18H24N6/c1-13-14(2)22-24-12-19-21-18(24)17(13)20-16(10-11-23(3)4)15-8-6-5-7-9-15/h5-9,12,16,20H,10-11H2,1-4H3. The molecule has 126 valence electrons. The van der Waals surface area contributed by atoms with Gasteiger partial charge in [-0.1, -0.05) is 30.3 Å². The van der Waals surface area contributed by atoms with Crippen LogP contribution in [0.25, 0.3) is 5.65 Å². The van der Waals surface area contributed by atoms with Gasteiger partial charge in [0.2, 0.25) is 5.65 Å². The van der Waals surface area contributed by atoms with Crippen molar-refractivity contribution in [3.8, 4) is 0 Å². The van der Waals surface area contributed by atoms with Gasteiger partial charge in [0.25, 0.3) is 0 Å². The van der Waals surface area contributed by atoms with Crippen LogP contribution in [-0.2, 0) is 0 Å². The van der Waals surface area contributed by atoms with E-state index in [4.69, 9.17) is 0 Å². The molecule has 0 spiro atoms. The Balaban J connectivity index is 1.98. The first-order valence-corrected chi connectivity index (χ1v) is 8.19. The van der Waals surface area contributed by atoms with Crippen molar-refractivity contribution in [3.63, 3.8) is 0 Å². The van der Waals surface area contributed by atoms with E-state index in [1.165, 1.54) is 5.56 Å². The largest absolute Gasteiger partial charge is 0.375 e. The predicted octanol–water partition coefficient (Wildman–Crippen LogP) is 2.85. The minimum Gasteiger partial charge on any atom is -0.375 e. The number of nitrogens with one attached hydrogen (secondary N) is 1. The number of aromatic nitrogens is 4. The molecule has 0 amide bonds. The lowest BCUT2D eigenvalue weighted by Gasteiger charge is -2.23. The number of hydrogen-bond acceptors (Lipinski definition) is 5. The highest BCUT2D eigenvalue weighted by Gasteiger charge is 2.17. The predicted molar refractivity (Wildman–Crippen MR) is 96.2 cm³/mol. The molecule has 0 saturated carbocycles. The van der Waals surface area contributed by atoms with E-state index >= 15 is 0 Å². The summed E-state index contributed by atoms with van der Waals surface area (Å²) in [6.45, 7) is 5.09. The Morgan fingerprint density at radius 3 is 2.62 bits per heavy atom. The maximum atomic E-state index is 4.49. The van der Waals surface area contributed by atoms with Gasteiger partial charge in [0.1, 0.15) is 6.33 Å². The van der Waals surface area contributed by atoms with Crippen molar-refractivity contribution in [2.24, 2.45) is 0 Å². The van der Waals surface area contributed by atoms with Gasteiger partial charge in [-0.3, -0.25) is 0 Å². The zero-order chi connectivity index (χ0) is 17.1. The number of anilines is 1. The van der Waals surface area contributed by atoms with E-state index in [2.05, 4.69) is 70.8 Å². The number of aryl methyl sites for hydroxylation is 1. The summed E-state index contributed by atoms with van der Waals surface area (Å²) in [6.07, 6.45) is 2.64. The Hall–Kier alpha value is -2.47. The van der Waals surface area contributed by atoms with Gasteiger partial charge in [-0.25, -0.2) is 0 Å². The zero-order valence-corrected chi connectivity index (χ0v) is 14.7. The molecule has 2 heterocycles. The van der Waals surface area contributed by atoms with Crippen LogP contribution >= 0.6 is 0 Å². The summed E-state index contributed by atoms with van der Waals surface area (Å²) in [4.78, 5) is 2.20. The van der Waals surface area contributed by atoms with Gasteiger partial charge >= 0.3 is 0 Å². The summed E-state index contributed by atoms with van der Waals surface area (Å²) in [6, 6.07) is 10.7. The van der Waals surface area contributed by atoms with E-state index in [0.29, 0.717) is 0 Å². The summed E-state index contributed by atoms with van der Waals surface area (Å²) in [5, 5.41) is 16.4. The quantitative estimate of drug-likeness (QED) is 0.755. The lowest BCUT2D eigenvalue weighted by molar-refractivity contribution is 0.388. The van der Waals surface area contributed by atoms with Crippen LogP contribution in [0, 0.1) is 13.8 Å². The van der Waals surface area contributed by atoms with Crippen molar-refractivity contribution in [2.45, 2.75) is 26.3 Å². The summed E-state index contributed by atoms with van der Waals surface area (Å²) in [7, 11) is 4.20. The van der Waals surface area contributed by atoms with Gasteiger partial charge in [0.05, 0.1) is 17.4 Å². The van der Waals surface area contributed by atoms with Crippen molar-refractivity contribution >= 4 is 11.3 Å². The summed E-state index contributed by atoms with van der Waals surface area (Å²) >= 11 is 0. The Bertz CT molecular complexity index is 809. The lowest BCUT2D eigenvalue weighted by Crippen LogP contribution is -2.21. The second-order valence-corrected chi connectivity index (χ2v) is 6.38. The number of hydrogen-bond donors (Lipinski definition) is 1. The third-order valence-corrected chi connectivity index (χ3v) is 4.32. The van der Waals surface area contributed by atoms with Crippen LogP contribution in [0.1, 0.15) is 29.3 Å². The maximum absolute atomic E-state index is 4.49. The number of benzene rings is 1. The van der Waals surface area contributed by atoms with Crippen molar-refractivity contribution in [1.29, 1.82) is 0 Å². The Kier molecular flexibility index (Phi) is 4.76. The molecule has 0 bridgehead atoms. The van der Waals surface area contributed by atoms with E-state index in [-0.39, 0.29) is 6.04 Å². The highest BCUT2D eigenvalue weighted by atomic mass is 15.3. The molecule has 1 unspecified atom stereocenters. The smallest absolute Gasteiger partial charge is 0.200 e. The topological polar surface area (TPSA) is 58.4 Å². The third kappa shape index (κ3) is 3.38. The SMILES string of the molecule is Cc1nn2cnnc2c(NC(CCN(C)C)c2ccccc2)c1C. The Labute approximate surface area is 142 Å². The summed E-state index contributed by atoms with van der Waals surface area (Å²) in [5.74, 6) is 0. The maximum Gasteiger partial charge on any atom is 0.200 e. The van der Waals surface area contributed by atoms with Crippen LogP contribution in [0.3, 0.4) is 0 Å². The summed E-state index contributed by atoms with van der Waals surface area (Å²) in [5.41, 5.74) is 5.13. The molecule has 2 aromatic heterocycles. The Morgan fingerprint density at radius 2 is 1.92 bits per heavy atom. The van der Waals surface area contributed by atoms with Gasteiger partial charge in [0.15, 0.2) is 0 Å². The molecule has 6 heteroatoms. The van der Waals surface area contributed by atoms with Crippen LogP contribution in [0.15, 0.2) is 36.7 Å². The molecular formula is C18H24N6. The van der Waals surface area contributed by atoms with E-state index in [0.717, 1.165) is 35.6 Å². The highest BCUT2D eigenvalue weighted by molar-refractivity contribution is 5.71. The second-order valence-electron chi connectivity index (χ2n) is 6.38. The fraction of sp³-hybridized carbons (Fsp3) is 0.389. The van der Waals surface area contributed by atoms with Crippen molar-refractivity contribution < 1.29 is 0 Å². The highest BCUT2D eigenvalue weighted by Crippen LogP contribution is 2.28. The average Bonchev–Trinajstić information content (AvgIpc) is 3.03. The molecule has 0 aliphatic heterocycles. The minimum atomic E-state index is 0.203. The van der Waals surface area contributed by atoms with Crippen molar-refractivity contribution in [3.05, 3.63) is 53.5 Å². The normalized spacial score (nSPS) is 12.7. The van der Waals surface area contributed by atoms with E-state index < -0.39 is 0 Å². The molecule has 1 N–H and O–H groups in total. The molecule has 0 aliphatic carbocycles. The van der Waals surface area contributed by atoms with E-state index in [9.17, 15) is 0 Å². The first-order chi connectivity index (χ1) is 11.6. The van der Waals surface area contributed by atoms with Gasteiger partial charge in [-0.2, -0.15) is 9.61 Å². The molecule has 1 aromatic carbocycles. The number of fused-ring (bicyclic) bond motifs is 1. The first-order valence-electron chi connectivity index (χ1n) is 8.19. The van der Waals surface area contributed by atoms with Crippen LogP contribution in [0.2, 0.25) is 0 Å². The molecule has 1 atom stereocenters. The van der Waals surface area contributed by atoms with Crippen LogP contribution < -0.4 is 5.32 Å². The third-order valence-electron chi connectivity index (χ3n) is 4.32. The van der Waals surface area contributed by atoms with E-state index in [1.54, 1.807) is 10.8 Å². The van der Waals surface area contributed by atoms with Gasteiger partial charge in [-0.15, -0.1) is 10.2 Å². The average molecular weight is 324 g/mol. The fourth-order valence-corrected chi connectivity index (χ4v) is 2.79. The lowest BCUT2D eigenvalue weighted by atomic mass is 10.0. The minimum absolute atomic E-state index is 0.203. The van der Waals surface area contributed by atoms with Gasteiger partial charge in [0, 0.05) is 0 Å². The zero-order valence-electron chi connectivity index (χ0n) is 14.7. The molecule has 6 nitrogen and oxygen atoms in total. The number of rotatable bonds is 6. The molecule has 24 heavy (non-hydrogen) atoms. The monoisotopic (exact) mass is 324 g/mol. The molecule has 0 radical (unpaired) electrons. The van der Waals surface area contributed by atoms with Gasteiger partial charge in [-0.05, 0) is 52.0 Å². The van der Waals surface area contributed by atoms with Crippen LogP contribution in [0.5, 0.6) is 0 Å². The summed E-state index contributed by atoms with van der Waals surface area (Å²) < 4.78 is 1.73. The van der Waals surface area contributed by atoms with E-state index in [1.807, 2.05) is 13.0 Å². The van der Waals surface area contributed by atoms with Crippen molar-refractivity contribution in [1.82, 2.24) is 24.7 Å². The molecule has 3 rings (SSSR count). The molecule has 3 aromatic rings. The molecular weight excluding hydrogens is 300 g/mol. The molecule has 0 aliphatic rings. The number of nitrogens with zero attached hydrogens (tertiary/aromatic N) is 5. The van der Waals surface area contributed by atoms with Gasteiger partial charge < -0.3 is 10.2 Å². The van der Waals surface area contributed by atoms with Crippen molar-refractivity contribution in [2.75, 3.05) is 26.0 Å². The van der Waals surface area contributed by atoms with Crippen LogP contribution in [-0.4, -0.2) is 45.4 Å². The molecule has 0 fully saturated rings. The second kappa shape index (κ2) is 6.97. The Morgan fingerprint density at radius 1 is 1.17 bits per heavy atom. The van der Waals surface area contributed by atoms with Crippen LogP contribution in [0.4, 0.5) is 5.69 Å². The molecule has 0 saturated heterocycles. The first kappa shape index (κ1) is 16.4.